The molecule has 2 bridgehead atoms. The SMILES string of the molecule is C[C@@H](O)c1ccn(-c2nccc([C@@]34CC[C@@H](c5cc(-c6c(F)cccc6F)nnc53)C4(C)C)n2)n1. The highest BCUT2D eigenvalue weighted by Gasteiger charge is 2.65. The molecule has 3 atom stereocenters. The van der Waals surface area contributed by atoms with Crippen molar-refractivity contribution < 1.29 is 13.9 Å². The lowest BCUT2D eigenvalue weighted by Gasteiger charge is -2.37. The molecule has 3 aromatic heterocycles. The van der Waals surface area contributed by atoms with E-state index in [0.29, 0.717) is 11.6 Å². The van der Waals surface area contributed by atoms with Gasteiger partial charge < -0.3 is 5.11 Å². The third kappa shape index (κ3) is 2.94. The molecule has 3 heterocycles. The third-order valence-electron chi connectivity index (χ3n) is 7.92. The summed E-state index contributed by atoms with van der Waals surface area (Å²) in [6.45, 7) is 6.04. The fourth-order valence-electron chi connectivity index (χ4n) is 6.13. The molecule has 0 amide bonds. The lowest BCUT2D eigenvalue weighted by atomic mass is 9.66. The van der Waals surface area contributed by atoms with Gasteiger partial charge in [0.15, 0.2) is 0 Å². The Morgan fingerprint density at radius 3 is 2.60 bits per heavy atom. The van der Waals surface area contributed by atoms with Gasteiger partial charge in [-0.15, -0.1) is 5.10 Å². The Kier molecular flexibility index (Phi) is 4.67. The van der Waals surface area contributed by atoms with E-state index in [0.717, 1.165) is 29.8 Å². The van der Waals surface area contributed by atoms with Gasteiger partial charge in [0.05, 0.1) is 39.9 Å². The highest BCUT2D eigenvalue weighted by atomic mass is 19.1. The van der Waals surface area contributed by atoms with Crippen LogP contribution in [0, 0.1) is 17.0 Å². The molecule has 0 aliphatic heterocycles. The topological polar surface area (TPSA) is 89.6 Å². The van der Waals surface area contributed by atoms with Crippen LogP contribution in [0.3, 0.4) is 0 Å². The van der Waals surface area contributed by atoms with Crippen LogP contribution in [0.1, 0.15) is 68.3 Å². The Morgan fingerprint density at radius 1 is 1.11 bits per heavy atom. The molecule has 1 fully saturated rings. The third-order valence-corrected chi connectivity index (χ3v) is 7.92. The smallest absolute Gasteiger partial charge is 0.250 e. The summed E-state index contributed by atoms with van der Waals surface area (Å²) in [5, 5.41) is 23.1. The maximum Gasteiger partial charge on any atom is 0.250 e. The van der Waals surface area contributed by atoms with Crippen molar-refractivity contribution in [3.05, 3.63) is 83.1 Å². The molecule has 2 aliphatic rings. The molecule has 1 aromatic carbocycles. The number of aromatic nitrogens is 6. The first kappa shape index (κ1) is 21.9. The normalized spacial score (nSPS) is 22.9. The van der Waals surface area contributed by atoms with E-state index in [1.54, 1.807) is 36.1 Å². The lowest BCUT2D eigenvalue weighted by molar-refractivity contribution is 0.193. The largest absolute Gasteiger partial charge is 0.387 e. The minimum atomic E-state index is -0.696. The Labute approximate surface area is 200 Å². The molecule has 178 valence electrons. The van der Waals surface area contributed by atoms with Crippen molar-refractivity contribution in [2.24, 2.45) is 5.41 Å². The maximum absolute atomic E-state index is 14.5. The van der Waals surface area contributed by atoms with Gasteiger partial charge in [0.1, 0.15) is 11.6 Å². The Morgan fingerprint density at radius 2 is 1.89 bits per heavy atom. The molecule has 1 N–H and O–H groups in total. The molecule has 4 aromatic rings. The molecular formula is C26H24F2N6O. The Bertz CT molecular complexity index is 1450. The van der Waals surface area contributed by atoms with Gasteiger partial charge in [0.2, 0.25) is 0 Å². The monoisotopic (exact) mass is 474 g/mol. The minimum Gasteiger partial charge on any atom is -0.387 e. The first-order valence-electron chi connectivity index (χ1n) is 11.6. The van der Waals surface area contributed by atoms with E-state index < -0.39 is 23.2 Å². The molecule has 0 spiro atoms. The van der Waals surface area contributed by atoms with Gasteiger partial charge >= 0.3 is 0 Å². The molecule has 35 heavy (non-hydrogen) atoms. The number of benzene rings is 1. The van der Waals surface area contributed by atoms with Gasteiger partial charge in [-0.1, -0.05) is 19.9 Å². The summed E-state index contributed by atoms with van der Waals surface area (Å²) in [6.07, 6.45) is 4.46. The van der Waals surface area contributed by atoms with Gasteiger partial charge in [0, 0.05) is 12.4 Å². The van der Waals surface area contributed by atoms with Crippen LogP contribution < -0.4 is 0 Å². The molecule has 0 unspecified atom stereocenters. The number of nitrogens with zero attached hydrogens (tertiary/aromatic N) is 6. The predicted octanol–water partition coefficient (Wildman–Crippen LogP) is 4.65. The van der Waals surface area contributed by atoms with E-state index in [2.05, 4.69) is 34.1 Å². The van der Waals surface area contributed by atoms with Crippen molar-refractivity contribution in [2.75, 3.05) is 0 Å². The summed E-state index contributed by atoms with van der Waals surface area (Å²) in [7, 11) is 0. The van der Waals surface area contributed by atoms with Crippen LogP contribution in [0.5, 0.6) is 0 Å². The molecule has 0 saturated heterocycles. The number of hydrogen-bond donors (Lipinski definition) is 1. The van der Waals surface area contributed by atoms with Gasteiger partial charge in [0.25, 0.3) is 5.95 Å². The van der Waals surface area contributed by atoms with Crippen LogP contribution in [-0.2, 0) is 5.41 Å². The van der Waals surface area contributed by atoms with Gasteiger partial charge in [-0.05, 0) is 67.0 Å². The van der Waals surface area contributed by atoms with Crippen LogP contribution in [0.4, 0.5) is 8.78 Å². The summed E-state index contributed by atoms with van der Waals surface area (Å²) in [4.78, 5) is 9.29. The molecule has 1 saturated carbocycles. The van der Waals surface area contributed by atoms with Crippen molar-refractivity contribution in [2.45, 2.75) is 51.0 Å². The number of fused-ring (bicyclic) bond motifs is 5. The zero-order chi connectivity index (χ0) is 24.5. The molecule has 6 rings (SSSR count). The quantitative estimate of drug-likeness (QED) is 0.463. The number of rotatable bonds is 4. The van der Waals surface area contributed by atoms with Gasteiger partial charge in [-0.2, -0.15) is 10.2 Å². The summed E-state index contributed by atoms with van der Waals surface area (Å²) in [5.74, 6) is -0.777. The van der Waals surface area contributed by atoms with E-state index in [1.807, 2.05) is 6.07 Å². The molecular weight excluding hydrogens is 450 g/mol. The molecule has 2 aliphatic carbocycles. The summed E-state index contributed by atoms with van der Waals surface area (Å²) in [6, 6.07) is 9.21. The number of hydrogen-bond acceptors (Lipinski definition) is 6. The zero-order valence-corrected chi connectivity index (χ0v) is 19.6. The average molecular weight is 475 g/mol. The van der Waals surface area contributed by atoms with Crippen LogP contribution in [0.2, 0.25) is 0 Å². The highest BCUT2D eigenvalue weighted by Crippen LogP contribution is 2.69. The zero-order valence-electron chi connectivity index (χ0n) is 19.6. The Hall–Kier alpha value is -3.59. The maximum atomic E-state index is 14.5. The fraction of sp³-hybridized carbons (Fsp3) is 0.346. The van der Waals surface area contributed by atoms with E-state index in [-0.39, 0.29) is 22.6 Å². The van der Waals surface area contributed by atoms with Crippen LogP contribution in [0.25, 0.3) is 17.2 Å². The van der Waals surface area contributed by atoms with Crippen LogP contribution in [0.15, 0.2) is 48.8 Å². The second-order valence-corrected chi connectivity index (χ2v) is 9.95. The van der Waals surface area contributed by atoms with E-state index in [4.69, 9.17) is 4.98 Å². The first-order valence-corrected chi connectivity index (χ1v) is 11.6. The van der Waals surface area contributed by atoms with Gasteiger partial charge in [-0.3, -0.25) is 0 Å². The fourth-order valence-corrected chi connectivity index (χ4v) is 6.13. The molecule has 7 nitrogen and oxygen atoms in total. The Balaban J connectivity index is 1.49. The number of halogens is 2. The van der Waals surface area contributed by atoms with E-state index in [1.165, 1.54) is 18.2 Å². The van der Waals surface area contributed by atoms with Crippen molar-refractivity contribution in [3.8, 4) is 17.2 Å². The van der Waals surface area contributed by atoms with Crippen molar-refractivity contribution in [1.82, 2.24) is 29.9 Å². The highest BCUT2D eigenvalue weighted by molar-refractivity contribution is 5.64. The minimum absolute atomic E-state index is 0.145. The van der Waals surface area contributed by atoms with Crippen molar-refractivity contribution in [1.29, 1.82) is 0 Å². The second-order valence-electron chi connectivity index (χ2n) is 9.95. The van der Waals surface area contributed by atoms with Crippen LogP contribution >= 0.6 is 0 Å². The standard InChI is InChI=1S/C26H24F2N6O/c1-14(35)19-9-12-34(33-19)24-29-11-8-21(30-24)26-10-7-16(25(26,2)3)15-13-20(31-32-23(15)26)22-17(27)5-4-6-18(22)28/h4-6,8-9,11-14,16,35H,7,10H2,1-3H3/t14-,16+,26+/m1/s1. The van der Waals surface area contributed by atoms with E-state index >= 15 is 0 Å². The van der Waals surface area contributed by atoms with Crippen LogP contribution in [-0.4, -0.2) is 35.1 Å². The number of aliphatic hydroxyl groups excluding tert-OH is 1. The summed E-state index contributed by atoms with van der Waals surface area (Å²) in [5.41, 5.74) is 2.36. The average Bonchev–Trinajstić information content (AvgIpc) is 3.48. The van der Waals surface area contributed by atoms with Crippen molar-refractivity contribution >= 4 is 0 Å². The first-order chi connectivity index (χ1) is 16.7. The number of aliphatic hydroxyl groups is 1. The summed E-state index contributed by atoms with van der Waals surface area (Å²) >= 11 is 0. The van der Waals surface area contributed by atoms with E-state index in [9.17, 15) is 13.9 Å². The predicted molar refractivity (Wildman–Crippen MR) is 124 cm³/mol. The molecule has 9 heteroatoms. The van der Waals surface area contributed by atoms with Gasteiger partial charge in [-0.25, -0.2) is 23.4 Å². The summed E-state index contributed by atoms with van der Waals surface area (Å²) < 4.78 is 30.5. The van der Waals surface area contributed by atoms with Crippen molar-refractivity contribution in [3.63, 3.8) is 0 Å². The lowest BCUT2D eigenvalue weighted by Crippen LogP contribution is -2.38. The molecule has 0 radical (unpaired) electrons. The second kappa shape index (κ2) is 7.45.